The highest BCUT2D eigenvalue weighted by Gasteiger charge is 2.32. The number of aromatic nitrogens is 2. The van der Waals surface area contributed by atoms with Crippen LogP contribution in [0.3, 0.4) is 0 Å². The van der Waals surface area contributed by atoms with Crippen molar-refractivity contribution in [3.63, 3.8) is 0 Å². The molecule has 1 aromatic carbocycles. The van der Waals surface area contributed by atoms with Crippen LogP contribution in [0.4, 0.5) is 11.5 Å². The molecule has 0 saturated heterocycles. The molecule has 0 atom stereocenters. The molecule has 162 valence electrons. The predicted octanol–water partition coefficient (Wildman–Crippen LogP) is 3.30. The van der Waals surface area contributed by atoms with Crippen molar-refractivity contribution in [3.05, 3.63) is 50.7 Å². The Balaban J connectivity index is 1.93. The Bertz CT molecular complexity index is 991. The molecule has 1 saturated carbocycles. The van der Waals surface area contributed by atoms with Gasteiger partial charge in [0.2, 0.25) is 5.91 Å². The minimum absolute atomic E-state index is 0.0726. The molecule has 8 heteroatoms. The summed E-state index contributed by atoms with van der Waals surface area (Å²) in [5.74, 6) is 0.121. The maximum atomic E-state index is 13.3. The Hall–Kier alpha value is -2.48. The second-order valence-electron chi connectivity index (χ2n) is 7.80. The van der Waals surface area contributed by atoms with Crippen LogP contribution in [0.15, 0.2) is 38.8 Å². The summed E-state index contributed by atoms with van der Waals surface area (Å²) in [7, 11) is 0. The van der Waals surface area contributed by atoms with Crippen molar-refractivity contribution in [1.29, 1.82) is 0 Å². The number of rotatable bonds is 8. The van der Waals surface area contributed by atoms with E-state index in [2.05, 4.69) is 4.98 Å². The van der Waals surface area contributed by atoms with E-state index in [1.807, 2.05) is 38.1 Å². The van der Waals surface area contributed by atoms with Gasteiger partial charge in [0.1, 0.15) is 5.82 Å². The van der Waals surface area contributed by atoms with E-state index in [0.29, 0.717) is 6.54 Å². The van der Waals surface area contributed by atoms with Crippen molar-refractivity contribution in [3.8, 4) is 0 Å². The SMILES string of the molecule is CCCCn1c(N)c(N(C(=O)CSc2ccc(C)cc2)C2CCCC2)c(=O)[nH]c1=O. The molecule has 3 N–H and O–H groups in total. The van der Waals surface area contributed by atoms with Crippen LogP contribution in [0.2, 0.25) is 0 Å². The lowest BCUT2D eigenvalue weighted by molar-refractivity contribution is -0.116. The van der Waals surface area contributed by atoms with Gasteiger partial charge in [0.15, 0.2) is 5.69 Å². The molecule has 0 aliphatic heterocycles. The van der Waals surface area contributed by atoms with Crippen molar-refractivity contribution in [2.24, 2.45) is 0 Å². The standard InChI is InChI=1S/C22H30N4O3S/c1-3-4-13-25-20(23)19(21(28)24-22(25)29)26(16-7-5-6-8-16)18(27)14-30-17-11-9-15(2)10-12-17/h9-12,16H,3-8,13-14,23H2,1-2H3,(H,24,28,29). The van der Waals surface area contributed by atoms with E-state index >= 15 is 0 Å². The lowest BCUT2D eigenvalue weighted by Crippen LogP contribution is -2.46. The van der Waals surface area contributed by atoms with Gasteiger partial charge in [0.25, 0.3) is 5.56 Å². The van der Waals surface area contributed by atoms with Gasteiger partial charge in [-0.2, -0.15) is 0 Å². The number of nitrogens with two attached hydrogens (primary N) is 1. The molecule has 3 rings (SSSR count). The number of carbonyl (C=O) groups is 1. The molecule has 30 heavy (non-hydrogen) atoms. The molecule has 1 heterocycles. The average Bonchev–Trinajstić information content (AvgIpc) is 3.24. The number of anilines is 2. The maximum Gasteiger partial charge on any atom is 0.330 e. The molecule has 1 fully saturated rings. The number of H-pyrrole nitrogens is 1. The number of hydrogen-bond donors (Lipinski definition) is 2. The predicted molar refractivity (Wildman–Crippen MR) is 122 cm³/mol. The van der Waals surface area contributed by atoms with Crippen LogP contribution >= 0.6 is 11.8 Å². The fourth-order valence-corrected chi connectivity index (χ4v) is 4.63. The molecule has 1 aliphatic rings. The first kappa shape index (κ1) is 22.2. The monoisotopic (exact) mass is 430 g/mol. The van der Waals surface area contributed by atoms with Crippen LogP contribution in [0, 0.1) is 6.92 Å². The van der Waals surface area contributed by atoms with Crippen molar-refractivity contribution in [2.75, 3.05) is 16.4 Å². The van der Waals surface area contributed by atoms with E-state index < -0.39 is 11.2 Å². The maximum absolute atomic E-state index is 13.3. The van der Waals surface area contributed by atoms with Gasteiger partial charge in [-0.15, -0.1) is 11.8 Å². The first-order chi connectivity index (χ1) is 14.4. The minimum atomic E-state index is -0.592. The van der Waals surface area contributed by atoms with Gasteiger partial charge in [-0.3, -0.25) is 19.1 Å². The topological polar surface area (TPSA) is 101 Å². The van der Waals surface area contributed by atoms with Crippen LogP contribution in [0.1, 0.15) is 51.0 Å². The van der Waals surface area contributed by atoms with Crippen molar-refractivity contribution in [1.82, 2.24) is 9.55 Å². The molecular weight excluding hydrogens is 400 g/mol. The molecule has 0 radical (unpaired) electrons. The van der Waals surface area contributed by atoms with Gasteiger partial charge in [-0.25, -0.2) is 4.79 Å². The van der Waals surface area contributed by atoms with Crippen LogP contribution in [0.25, 0.3) is 0 Å². The summed E-state index contributed by atoms with van der Waals surface area (Å²) in [6.45, 7) is 4.45. The minimum Gasteiger partial charge on any atom is -0.383 e. The normalized spacial score (nSPS) is 14.2. The van der Waals surface area contributed by atoms with Crippen LogP contribution in [-0.2, 0) is 11.3 Å². The largest absolute Gasteiger partial charge is 0.383 e. The molecule has 1 amide bonds. The first-order valence-corrected chi connectivity index (χ1v) is 11.5. The number of aryl methyl sites for hydroxylation is 1. The summed E-state index contributed by atoms with van der Waals surface area (Å²) in [5, 5.41) is 0. The number of carbonyl (C=O) groups excluding carboxylic acids is 1. The second kappa shape index (κ2) is 10.0. The Morgan fingerprint density at radius 3 is 2.53 bits per heavy atom. The van der Waals surface area contributed by atoms with E-state index in [1.54, 1.807) is 4.90 Å². The van der Waals surface area contributed by atoms with Crippen LogP contribution < -0.4 is 21.9 Å². The summed E-state index contributed by atoms with van der Waals surface area (Å²) in [5.41, 5.74) is 6.46. The zero-order chi connectivity index (χ0) is 21.7. The number of amides is 1. The summed E-state index contributed by atoms with van der Waals surface area (Å²) in [4.78, 5) is 43.3. The number of benzene rings is 1. The summed E-state index contributed by atoms with van der Waals surface area (Å²) in [6.07, 6.45) is 5.32. The Morgan fingerprint density at radius 1 is 1.23 bits per heavy atom. The fourth-order valence-electron chi connectivity index (χ4n) is 3.87. The van der Waals surface area contributed by atoms with Gasteiger partial charge in [-0.1, -0.05) is 43.9 Å². The van der Waals surface area contributed by atoms with Crippen molar-refractivity contribution < 1.29 is 4.79 Å². The number of hydrogen-bond acceptors (Lipinski definition) is 5. The Labute approximate surface area is 180 Å². The van der Waals surface area contributed by atoms with E-state index in [1.165, 1.54) is 16.3 Å². The van der Waals surface area contributed by atoms with Crippen molar-refractivity contribution >= 4 is 29.2 Å². The van der Waals surface area contributed by atoms with Crippen molar-refractivity contribution in [2.45, 2.75) is 69.9 Å². The van der Waals surface area contributed by atoms with E-state index in [0.717, 1.165) is 49.0 Å². The van der Waals surface area contributed by atoms with E-state index in [-0.39, 0.29) is 29.2 Å². The molecule has 0 spiro atoms. The highest BCUT2D eigenvalue weighted by Crippen LogP contribution is 2.30. The third-order valence-electron chi connectivity index (χ3n) is 5.53. The second-order valence-corrected chi connectivity index (χ2v) is 8.85. The number of thioether (sulfide) groups is 1. The zero-order valence-electron chi connectivity index (χ0n) is 17.6. The molecule has 1 aliphatic carbocycles. The first-order valence-electron chi connectivity index (χ1n) is 10.6. The lowest BCUT2D eigenvalue weighted by atomic mass is 10.2. The molecule has 7 nitrogen and oxygen atoms in total. The summed E-state index contributed by atoms with van der Waals surface area (Å²) < 4.78 is 1.38. The number of nitrogens with zero attached hydrogens (tertiary/aromatic N) is 2. The fraction of sp³-hybridized carbons (Fsp3) is 0.500. The van der Waals surface area contributed by atoms with Crippen LogP contribution in [-0.4, -0.2) is 27.3 Å². The zero-order valence-corrected chi connectivity index (χ0v) is 18.5. The van der Waals surface area contributed by atoms with E-state index in [9.17, 15) is 14.4 Å². The number of nitrogens with one attached hydrogen (secondary N) is 1. The average molecular weight is 431 g/mol. The quantitative estimate of drug-likeness (QED) is 0.626. The highest BCUT2D eigenvalue weighted by atomic mass is 32.2. The molecule has 2 aromatic rings. The number of unbranched alkanes of at least 4 members (excludes halogenated alkanes) is 1. The Kier molecular flexibility index (Phi) is 7.42. The van der Waals surface area contributed by atoms with Crippen LogP contribution in [0.5, 0.6) is 0 Å². The van der Waals surface area contributed by atoms with Gasteiger partial charge >= 0.3 is 5.69 Å². The van der Waals surface area contributed by atoms with Gasteiger partial charge in [0.05, 0.1) is 5.75 Å². The highest BCUT2D eigenvalue weighted by molar-refractivity contribution is 8.00. The molecule has 0 bridgehead atoms. The molecule has 1 aromatic heterocycles. The smallest absolute Gasteiger partial charge is 0.330 e. The summed E-state index contributed by atoms with van der Waals surface area (Å²) >= 11 is 1.44. The molecule has 0 unspecified atom stereocenters. The lowest BCUT2D eigenvalue weighted by Gasteiger charge is -2.30. The number of aromatic amines is 1. The number of nitrogen functional groups attached to an aromatic ring is 1. The molecular formula is C22H30N4O3S. The summed E-state index contributed by atoms with van der Waals surface area (Å²) in [6, 6.07) is 7.91. The third kappa shape index (κ3) is 4.98. The van der Waals surface area contributed by atoms with Gasteiger partial charge in [0, 0.05) is 17.5 Å². The van der Waals surface area contributed by atoms with E-state index in [4.69, 9.17) is 5.73 Å². The Morgan fingerprint density at radius 2 is 1.90 bits per heavy atom. The van der Waals surface area contributed by atoms with Gasteiger partial charge < -0.3 is 10.6 Å². The third-order valence-corrected chi connectivity index (χ3v) is 6.53. The van der Waals surface area contributed by atoms with Gasteiger partial charge in [-0.05, 0) is 38.3 Å².